The molecule has 0 saturated carbocycles. The van der Waals surface area contributed by atoms with E-state index < -0.39 is 32.4 Å². The van der Waals surface area contributed by atoms with Crippen molar-refractivity contribution >= 4 is 20.2 Å². The maximum atomic E-state index is 11.3. The van der Waals surface area contributed by atoms with Crippen LogP contribution in [-0.4, -0.2) is 39.0 Å². The van der Waals surface area contributed by atoms with Crippen LogP contribution in [0.25, 0.3) is 0 Å². The van der Waals surface area contributed by atoms with Crippen LogP contribution in [0.3, 0.4) is 0 Å². The molecule has 0 N–H and O–H groups in total. The zero-order valence-electron chi connectivity index (χ0n) is 13.6. The Kier molecular flexibility index (Phi) is 6.44. The highest BCUT2D eigenvalue weighted by atomic mass is 28.3. The van der Waals surface area contributed by atoms with Crippen molar-refractivity contribution in [1.29, 1.82) is 0 Å². The molecule has 0 aromatic heterocycles. The molecule has 0 spiro atoms. The van der Waals surface area contributed by atoms with Crippen molar-refractivity contribution < 1.29 is 23.8 Å². The van der Waals surface area contributed by atoms with E-state index in [0.717, 1.165) is 5.57 Å². The summed E-state index contributed by atoms with van der Waals surface area (Å²) in [5, 5.41) is 0. The number of rotatable bonds is 4. The molecule has 120 valence electrons. The van der Waals surface area contributed by atoms with Gasteiger partial charge in [-0.15, -0.1) is 5.54 Å². The second kappa shape index (κ2) is 7.85. The molecule has 0 radical (unpaired) electrons. The van der Waals surface area contributed by atoms with Gasteiger partial charge in [-0.05, 0) is 19.9 Å². The third kappa shape index (κ3) is 6.63. The average molecular weight is 322 g/mol. The fraction of sp³-hybridized carbons (Fsp3) is 0.500. The largest absolute Gasteiger partial charge is 0.510 e. The topological polar surface area (TPSA) is 61.8 Å². The molecule has 0 aromatic rings. The van der Waals surface area contributed by atoms with E-state index in [4.69, 9.17) is 14.2 Å². The van der Waals surface area contributed by atoms with Gasteiger partial charge in [0.05, 0.1) is 6.61 Å². The molecule has 0 bridgehead atoms. The van der Waals surface area contributed by atoms with E-state index in [2.05, 4.69) is 31.1 Å². The van der Waals surface area contributed by atoms with Gasteiger partial charge >= 0.3 is 12.1 Å². The first kappa shape index (κ1) is 18.0. The van der Waals surface area contributed by atoms with Gasteiger partial charge in [-0.1, -0.05) is 37.2 Å². The Morgan fingerprint density at radius 1 is 1.32 bits per heavy atom. The van der Waals surface area contributed by atoms with E-state index in [0.29, 0.717) is 6.61 Å². The van der Waals surface area contributed by atoms with Crippen LogP contribution in [0.15, 0.2) is 23.8 Å². The minimum atomic E-state index is -1.56. The van der Waals surface area contributed by atoms with Gasteiger partial charge in [0.15, 0.2) is 6.10 Å². The molecule has 5 nitrogen and oxygen atoms in total. The first-order valence-electron chi connectivity index (χ1n) is 7.14. The normalized spacial score (nSPS) is 21.9. The third-order valence-electron chi connectivity index (χ3n) is 2.54. The molecule has 0 unspecified atom stereocenters. The smallest absolute Gasteiger partial charge is 0.463 e. The SMILES string of the molecule is CCOC(=O)/C=C/C(C)=C/[C@@H]1OC(=O)O[C@H]1C#C[Si](C)(C)C. The molecule has 1 saturated heterocycles. The molecule has 1 aliphatic heterocycles. The summed E-state index contributed by atoms with van der Waals surface area (Å²) in [7, 11) is -1.56. The molecular formula is C16H22O5Si. The van der Waals surface area contributed by atoms with E-state index in [1.54, 1.807) is 26.0 Å². The monoisotopic (exact) mass is 322 g/mol. The van der Waals surface area contributed by atoms with Crippen molar-refractivity contribution in [3.63, 3.8) is 0 Å². The zero-order valence-corrected chi connectivity index (χ0v) is 14.6. The van der Waals surface area contributed by atoms with Crippen LogP contribution in [0.4, 0.5) is 4.79 Å². The van der Waals surface area contributed by atoms with Gasteiger partial charge in [0.2, 0.25) is 6.10 Å². The first-order chi connectivity index (χ1) is 10.2. The maximum Gasteiger partial charge on any atom is 0.510 e. The van der Waals surface area contributed by atoms with Crippen molar-refractivity contribution in [3.8, 4) is 11.5 Å². The quantitative estimate of drug-likeness (QED) is 0.262. The molecule has 0 aromatic carbocycles. The van der Waals surface area contributed by atoms with Crippen LogP contribution < -0.4 is 0 Å². The molecule has 6 heteroatoms. The molecule has 22 heavy (non-hydrogen) atoms. The maximum absolute atomic E-state index is 11.3. The van der Waals surface area contributed by atoms with Crippen LogP contribution >= 0.6 is 0 Å². The molecule has 0 aliphatic carbocycles. The first-order valence-corrected chi connectivity index (χ1v) is 10.6. The third-order valence-corrected chi connectivity index (χ3v) is 3.43. The Labute approximate surface area is 132 Å². The molecule has 0 amide bonds. The summed E-state index contributed by atoms with van der Waals surface area (Å²) in [5.74, 6) is 2.56. The molecule has 1 heterocycles. The van der Waals surface area contributed by atoms with Crippen molar-refractivity contribution in [3.05, 3.63) is 23.8 Å². The number of cyclic esters (lactones) is 2. The lowest BCUT2D eigenvalue weighted by molar-refractivity contribution is -0.137. The molecule has 1 rings (SSSR count). The van der Waals surface area contributed by atoms with Gasteiger partial charge in [0, 0.05) is 6.08 Å². The summed E-state index contributed by atoms with van der Waals surface area (Å²) in [6.07, 6.45) is 2.75. The summed E-state index contributed by atoms with van der Waals surface area (Å²) in [5.41, 5.74) is 3.93. The number of hydrogen-bond acceptors (Lipinski definition) is 5. The van der Waals surface area contributed by atoms with Gasteiger partial charge < -0.3 is 14.2 Å². The van der Waals surface area contributed by atoms with Crippen LogP contribution in [0, 0.1) is 11.5 Å². The number of carbonyl (C=O) groups excluding carboxylic acids is 2. The highest BCUT2D eigenvalue weighted by Gasteiger charge is 2.34. The summed E-state index contributed by atoms with van der Waals surface area (Å²) in [4.78, 5) is 22.5. The van der Waals surface area contributed by atoms with Crippen LogP contribution in [0.1, 0.15) is 13.8 Å². The van der Waals surface area contributed by atoms with E-state index in [1.165, 1.54) is 6.08 Å². The fourth-order valence-electron chi connectivity index (χ4n) is 1.60. The highest BCUT2D eigenvalue weighted by molar-refractivity contribution is 6.83. The number of esters is 1. The highest BCUT2D eigenvalue weighted by Crippen LogP contribution is 2.18. The fourth-order valence-corrected chi connectivity index (χ4v) is 2.17. The molecule has 1 fully saturated rings. The lowest BCUT2D eigenvalue weighted by atomic mass is 10.1. The van der Waals surface area contributed by atoms with E-state index in [1.807, 2.05) is 0 Å². The van der Waals surface area contributed by atoms with Crippen molar-refractivity contribution in [2.24, 2.45) is 0 Å². The van der Waals surface area contributed by atoms with Crippen LogP contribution in [0.2, 0.25) is 19.6 Å². The lowest BCUT2D eigenvalue weighted by Gasteiger charge is -2.08. The number of carbonyl (C=O) groups is 2. The second-order valence-electron chi connectivity index (χ2n) is 5.89. The van der Waals surface area contributed by atoms with E-state index in [9.17, 15) is 9.59 Å². The Morgan fingerprint density at radius 2 is 2.00 bits per heavy atom. The molecule has 2 atom stereocenters. The summed E-state index contributed by atoms with van der Waals surface area (Å²) in [6, 6.07) is 0. The molecule has 1 aliphatic rings. The summed E-state index contributed by atoms with van der Waals surface area (Å²) in [6.45, 7) is 10.2. The van der Waals surface area contributed by atoms with Crippen LogP contribution in [-0.2, 0) is 19.0 Å². The standard InChI is InChI=1S/C16H22O5Si/c1-6-19-15(17)8-7-12(2)11-14-13(20-16(18)21-14)9-10-22(3,4)5/h7-8,11,13-14H,6H2,1-5H3/b8-7+,12-11+/t13-,14-/m0/s1. The Morgan fingerprint density at radius 3 is 2.59 bits per heavy atom. The van der Waals surface area contributed by atoms with Gasteiger partial charge in [0.25, 0.3) is 0 Å². The number of hydrogen-bond donors (Lipinski definition) is 0. The van der Waals surface area contributed by atoms with Crippen molar-refractivity contribution in [2.75, 3.05) is 6.61 Å². The summed E-state index contributed by atoms with van der Waals surface area (Å²) < 4.78 is 14.9. The van der Waals surface area contributed by atoms with Crippen molar-refractivity contribution in [1.82, 2.24) is 0 Å². The molecular weight excluding hydrogens is 300 g/mol. The van der Waals surface area contributed by atoms with Gasteiger partial charge in [-0.25, -0.2) is 9.59 Å². The Hall–Kier alpha value is -2.00. The summed E-state index contributed by atoms with van der Waals surface area (Å²) >= 11 is 0. The van der Waals surface area contributed by atoms with E-state index >= 15 is 0 Å². The predicted octanol–water partition coefficient (Wildman–Crippen LogP) is 2.84. The average Bonchev–Trinajstić information content (AvgIpc) is 2.74. The van der Waals surface area contributed by atoms with Gasteiger partial charge in [-0.2, -0.15) is 0 Å². The number of ether oxygens (including phenoxy) is 3. The Balaban J connectivity index is 2.79. The van der Waals surface area contributed by atoms with Crippen LogP contribution in [0.5, 0.6) is 0 Å². The number of allylic oxidation sites excluding steroid dienone is 2. The lowest BCUT2D eigenvalue weighted by Crippen LogP contribution is -2.22. The van der Waals surface area contributed by atoms with Gasteiger partial charge in [0.1, 0.15) is 8.07 Å². The van der Waals surface area contributed by atoms with Crippen molar-refractivity contribution in [2.45, 2.75) is 45.7 Å². The minimum Gasteiger partial charge on any atom is -0.463 e. The van der Waals surface area contributed by atoms with Gasteiger partial charge in [-0.3, -0.25) is 0 Å². The zero-order chi connectivity index (χ0) is 16.8. The van der Waals surface area contributed by atoms with E-state index in [-0.39, 0.29) is 0 Å². The minimum absolute atomic E-state index is 0.328. The second-order valence-corrected chi connectivity index (χ2v) is 10.6. The predicted molar refractivity (Wildman–Crippen MR) is 85.8 cm³/mol. The Bertz CT molecular complexity index is 545.